The molecule has 4 atom stereocenters. The molecule has 35 heavy (non-hydrogen) atoms. The highest BCUT2D eigenvalue weighted by molar-refractivity contribution is 6.34. The average Bonchev–Trinajstić information content (AvgIpc) is 3.18. The molecule has 5 nitrogen and oxygen atoms in total. The second-order valence-corrected chi connectivity index (χ2v) is 9.30. The molecule has 0 amide bonds. The molecule has 1 unspecified atom stereocenters. The van der Waals surface area contributed by atoms with Gasteiger partial charge in [0.1, 0.15) is 17.1 Å². The topological polar surface area (TPSA) is 49.0 Å². The lowest BCUT2D eigenvalue weighted by atomic mass is 9.74. The van der Waals surface area contributed by atoms with Crippen LogP contribution in [0.1, 0.15) is 30.5 Å². The van der Waals surface area contributed by atoms with Crippen molar-refractivity contribution in [1.29, 1.82) is 0 Å². The molecular weight excluding hydrogens is 437 g/mol. The van der Waals surface area contributed by atoms with E-state index in [2.05, 4.69) is 67.6 Å². The number of hydrogen-bond donors (Lipinski definition) is 1. The molecule has 1 heterocycles. The summed E-state index contributed by atoms with van der Waals surface area (Å²) in [6.07, 6.45) is 0.00272. The van der Waals surface area contributed by atoms with E-state index < -0.39 is 5.60 Å². The Kier molecular flexibility index (Phi) is 8.17. The maximum Gasteiger partial charge on any atom is 0.234 e. The van der Waals surface area contributed by atoms with Gasteiger partial charge in [0.05, 0.1) is 26.9 Å². The number of hydrogen-bond acceptors (Lipinski definition) is 5. The molecule has 0 spiro atoms. The number of methoxy groups -OCH3 is 2. The van der Waals surface area contributed by atoms with Crippen molar-refractivity contribution in [2.45, 2.75) is 31.6 Å². The van der Waals surface area contributed by atoms with Crippen LogP contribution in [-0.2, 0) is 15.1 Å². The van der Waals surface area contributed by atoms with Crippen LogP contribution < -0.4 is 14.7 Å². The van der Waals surface area contributed by atoms with Crippen molar-refractivity contribution >= 4 is 7.41 Å². The molecule has 0 radical (unpaired) electrons. The van der Waals surface area contributed by atoms with Gasteiger partial charge in [0, 0.05) is 6.00 Å². The largest absolute Gasteiger partial charge is 0.497 e. The molecule has 3 aromatic rings. The minimum absolute atomic E-state index is 0.00272. The molecule has 1 saturated heterocycles. The molecule has 1 aliphatic heterocycles. The van der Waals surface area contributed by atoms with Gasteiger partial charge in [0.15, 0.2) is 0 Å². The van der Waals surface area contributed by atoms with Gasteiger partial charge in [-0.2, -0.15) is 0 Å². The summed E-state index contributed by atoms with van der Waals surface area (Å²) in [6, 6.07) is 26.9. The van der Waals surface area contributed by atoms with Gasteiger partial charge < -0.3 is 24.2 Å². The van der Waals surface area contributed by atoms with E-state index in [1.807, 2.05) is 37.4 Å². The predicted octanol–water partition coefficient (Wildman–Crippen LogP) is 4.58. The van der Waals surface area contributed by atoms with Crippen molar-refractivity contribution in [2.24, 2.45) is 11.8 Å². The Balaban J connectivity index is 1.79. The molecule has 1 fully saturated rings. The molecule has 184 valence electrons. The molecule has 0 bridgehead atoms. The highest BCUT2D eigenvalue weighted by Gasteiger charge is 2.43. The Hall–Kier alpha value is -2.80. The van der Waals surface area contributed by atoms with Crippen molar-refractivity contribution in [3.05, 3.63) is 95.6 Å². The zero-order valence-corrected chi connectivity index (χ0v) is 21.4. The van der Waals surface area contributed by atoms with Gasteiger partial charge in [-0.3, -0.25) is 0 Å². The van der Waals surface area contributed by atoms with Gasteiger partial charge in [0.25, 0.3) is 0 Å². The lowest BCUT2D eigenvalue weighted by molar-refractivity contribution is -0.0593. The van der Waals surface area contributed by atoms with Crippen LogP contribution in [0.4, 0.5) is 0 Å². The zero-order valence-electron chi connectivity index (χ0n) is 21.4. The summed E-state index contributed by atoms with van der Waals surface area (Å²) in [7, 11) is 6.17. The summed E-state index contributed by atoms with van der Waals surface area (Å²) in [5, 5.41) is 3.26. The molecule has 0 aliphatic carbocycles. The third kappa shape index (κ3) is 5.11. The van der Waals surface area contributed by atoms with Crippen molar-refractivity contribution in [3.63, 3.8) is 0 Å². The van der Waals surface area contributed by atoms with Crippen molar-refractivity contribution < 1.29 is 18.9 Å². The summed E-state index contributed by atoms with van der Waals surface area (Å²) in [6.45, 7) is 5.00. The Morgan fingerprint density at radius 1 is 0.771 bits per heavy atom. The van der Waals surface area contributed by atoms with Gasteiger partial charge >= 0.3 is 0 Å². The average molecular weight is 473 g/mol. The van der Waals surface area contributed by atoms with Gasteiger partial charge in [0.2, 0.25) is 7.41 Å². The lowest BCUT2D eigenvalue weighted by Gasteiger charge is -2.37. The molecule has 4 rings (SSSR count). The van der Waals surface area contributed by atoms with Gasteiger partial charge in [-0.25, -0.2) is 0 Å². The van der Waals surface area contributed by atoms with Crippen LogP contribution in [0.25, 0.3) is 0 Å². The zero-order chi connectivity index (χ0) is 24.8. The van der Waals surface area contributed by atoms with Crippen LogP contribution in [0.3, 0.4) is 0 Å². The third-order valence-electron chi connectivity index (χ3n) is 7.39. The molecule has 0 aromatic heterocycles. The lowest BCUT2D eigenvalue weighted by Crippen LogP contribution is -2.37. The Morgan fingerprint density at radius 2 is 1.29 bits per heavy atom. The van der Waals surface area contributed by atoms with Crippen LogP contribution in [0.2, 0.25) is 0 Å². The summed E-state index contributed by atoms with van der Waals surface area (Å²) in [5.74, 6) is 2.45. The summed E-state index contributed by atoms with van der Waals surface area (Å²) in [4.78, 5) is 0. The number of nitrogens with one attached hydrogen (secondary N) is 1. The fourth-order valence-corrected chi connectivity index (χ4v) is 5.06. The quantitative estimate of drug-likeness (QED) is 0.345. The summed E-state index contributed by atoms with van der Waals surface area (Å²) in [5.41, 5.74) is 2.29. The first-order chi connectivity index (χ1) is 17.0. The van der Waals surface area contributed by atoms with Gasteiger partial charge in [-0.15, -0.1) is 0 Å². The van der Waals surface area contributed by atoms with Crippen molar-refractivity contribution in [3.8, 4) is 11.5 Å². The van der Waals surface area contributed by atoms with Gasteiger partial charge in [-0.1, -0.05) is 68.4 Å². The SMILES string of the molecule is CNB[C@@H]1O[C@H](COC(c2ccccc2)(c2ccc(OC)cc2)c2ccc(OC)cc2)[C@H](C)C1C. The molecular formula is C29H36BNO4. The number of rotatable bonds is 10. The molecule has 6 heteroatoms. The second-order valence-electron chi connectivity index (χ2n) is 9.30. The normalized spacial score (nSPS) is 22.1. The van der Waals surface area contributed by atoms with E-state index >= 15 is 0 Å². The summed E-state index contributed by atoms with van der Waals surface area (Å²) < 4.78 is 24.4. The van der Waals surface area contributed by atoms with E-state index in [0.717, 1.165) is 35.6 Å². The van der Waals surface area contributed by atoms with Crippen LogP contribution in [0, 0.1) is 11.8 Å². The highest BCUT2D eigenvalue weighted by atomic mass is 16.6. The molecule has 1 N–H and O–H groups in total. The van der Waals surface area contributed by atoms with Crippen molar-refractivity contribution in [1.82, 2.24) is 5.23 Å². The molecule has 0 saturated carbocycles. The highest BCUT2D eigenvalue weighted by Crippen LogP contribution is 2.43. The first-order valence-electron chi connectivity index (χ1n) is 12.3. The standard InChI is InChI=1S/C29H36BNO4/c1-20-21(2)28(30-31-3)35-27(20)19-34-29(22-9-7-6-8-10-22,23-11-15-25(32-4)16-12-23)24-13-17-26(33-5)18-14-24/h6-18,20-21,27-28,30-31H,19H2,1-5H3/t20-,21?,27-,28-/m1/s1. The van der Waals surface area contributed by atoms with E-state index in [0.29, 0.717) is 18.4 Å². The number of benzene rings is 3. The van der Waals surface area contributed by atoms with E-state index in [1.165, 1.54) is 0 Å². The van der Waals surface area contributed by atoms with Crippen LogP contribution in [0.5, 0.6) is 11.5 Å². The maximum absolute atomic E-state index is 7.04. The number of ether oxygens (including phenoxy) is 4. The van der Waals surface area contributed by atoms with Crippen molar-refractivity contribution in [2.75, 3.05) is 27.9 Å². The fraction of sp³-hybridized carbons (Fsp3) is 0.379. The minimum Gasteiger partial charge on any atom is -0.497 e. The predicted molar refractivity (Wildman–Crippen MR) is 141 cm³/mol. The van der Waals surface area contributed by atoms with Gasteiger partial charge in [-0.05, 0) is 59.8 Å². The molecule has 3 aromatic carbocycles. The third-order valence-corrected chi connectivity index (χ3v) is 7.39. The fourth-order valence-electron chi connectivity index (χ4n) is 5.06. The molecule has 1 aliphatic rings. The monoisotopic (exact) mass is 473 g/mol. The first-order valence-corrected chi connectivity index (χ1v) is 12.3. The summed E-state index contributed by atoms with van der Waals surface area (Å²) >= 11 is 0. The maximum atomic E-state index is 7.04. The van der Waals surface area contributed by atoms with E-state index in [4.69, 9.17) is 18.9 Å². The van der Waals surface area contributed by atoms with E-state index in [-0.39, 0.29) is 12.1 Å². The Morgan fingerprint density at radius 3 is 1.77 bits per heavy atom. The first kappa shape index (κ1) is 25.3. The smallest absolute Gasteiger partial charge is 0.234 e. The second kappa shape index (κ2) is 11.3. The van der Waals surface area contributed by atoms with E-state index in [9.17, 15) is 0 Å². The van der Waals surface area contributed by atoms with E-state index in [1.54, 1.807) is 14.2 Å². The Bertz CT molecular complexity index is 1010. The van der Waals surface area contributed by atoms with Crippen LogP contribution in [-0.4, -0.2) is 47.4 Å². The van der Waals surface area contributed by atoms with Crippen LogP contribution in [0.15, 0.2) is 78.9 Å². The van der Waals surface area contributed by atoms with Crippen LogP contribution >= 0.6 is 0 Å². The minimum atomic E-state index is -0.826. The Labute approximate surface area is 210 Å².